The van der Waals surface area contributed by atoms with Crippen LogP contribution in [0.5, 0.6) is 11.5 Å². The lowest BCUT2D eigenvalue weighted by Gasteiger charge is -2.16. The Balaban J connectivity index is 2.16. The van der Waals surface area contributed by atoms with Crippen LogP contribution in [0.4, 0.5) is 5.69 Å². The molecule has 0 fully saturated rings. The first-order valence-electron chi connectivity index (χ1n) is 8.74. The molecule has 4 heteroatoms. The van der Waals surface area contributed by atoms with Crippen LogP contribution in [0.2, 0.25) is 0 Å². The predicted molar refractivity (Wildman–Crippen MR) is 107 cm³/mol. The molecule has 0 bridgehead atoms. The molecule has 1 aromatic heterocycles. The van der Waals surface area contributed by atoms with Crippen LogP contribution in [0.25, 0.3) is 11.1 Å². The summed E-state index contributed by atoms with van der Waals surface area (Å²) in [6.45, 7) is 6.04. The van der Waals surface area contributed by atoms with Crippen molar-refractivity contribution in [2.45, 2.75) is 27.2 Å². The van der Waals surface area contributed by atoms with Gasteiger partial charge in [0.2, 0.25) is 0 Å². The van der Waals surface area contributed by atoms with Gasteiger partial charge in [0.25, 0.3) is 5.56 Å². The summed E-state index contributed by atoms with van der Waals surface area (Å²) in [5.74, 6) is 1.57. The van der Waals surface area contributed by atoms with Crippen molar-refractivity contribution in [3.05, 3.63) is 75.7 Å². The molecule has 3 rings (SSSR count). The fourth-order valence-electron chi connectivity index (χ4n) is 3.11. The number of aryl methyl sites for hydroxylation is 4. The van der Waals surface area contributed by atoms with E-state index in [1.807, 2.05) is 69.4 Å². The van der Waals surface area contributed by atoms with E-state index in [1.165, 1.54) is 0 Å². The number of anilines is 1. The highest BCUT2D eigenvalue weighted by atomic mass is 16.5. The summed E-state index contributed by atoms with van der Waals surface area (Å²) in [6.07, 6.45) is 2.50. The molecule has 26 heavy (non-hydrogen) atoms. The first-order valence-corrected chi connectivity index (χ1v) is 8.74. The van der Waals surface area contributed by atoms with E-state index in [0.29, 0.717) is 12.1 Å². The number of pyridine rings is 1. The Hall–Kier alpha value is -3.01. The van der Waals surface area contributed by atoms with Crippen LogP contribution in [0.1, 0.15) is 23.6 Å². The number of para-hydroxylation sites is 1. The van der Waals surface area contributed by atoms with E-state index in [9.17, 15) is 4.79 Å². The topological polar surface area (TPSA) is 57.2 Å². The van der Waals surface area contributed by atoms with Gasteiger partial charge in [-0.2, -0.15) is 0 Å². The third-order valence-electron chi connectivity index (χ3n) is 4.57. The minimum absolute atomic E-state index is 0.0253. The zero-order chi connectivity index (χ0) is 18.8. The van der Waals surface area contributed by atoms with Gasteiger partial charge in [-0.3, -0.25) is 4.79 Å². The number of rotatable bonds is 4. The van der Waals surface area contributed by atoms with Gasteiger partial charge in [-0.15, -0.1) is 0 Å². The summed E-state index contributed by atoms with van der Waals surface area (Å²) in [6, 6.07) is 13.6. The lowest BCUT2D eigenvalue weighted by Crippen LogP contribution is -2.20. The zero-order valence-electron chi connectivity index (χ0n) is 15.7. The van der Waals surface area contributed by atoms with Crippen LogP contribution < -0.4 is 16.0 Å². The van der Waals surface area contributed by atoms with E-state index >= 15 is 0 Å². The van der Waals surface area contributed by atoms with E-state index in [4.69, 9.17) is 10.5 Å². The first kappa shape index (κ1) is 17.8. The maximum Gasteiger partial charge on any atom is 0.253 e. The van der Waals surface area contributed by atoms with Crippen molar-refractivity contribution in [2.75, 3.05) is 5.73 Å². The van der Waals surface area contributed by atoms with Crippen molar-refractivity contribution in [2.24, 2.45) is 7.05 Å². The van der Waals surface area contributed by atoms with Gasteiger partial charge < -0.3 is 15.0 Å². The SMILES string of the molecule is CCc1cc(-c2cc(N)ccc2Oc2c(C)cccc2C)cn(C)c1=O. The predicted octanol–water partition coefficient (Wildman–Crippen LogP) is 4.61. The van der Waals surface area contributed by atoms with Gasteiger partial charge in [0.05, 0.1) is 0 Å². The number of nitrogen functional groups attached to an aromatic ring is 1. The summed E-state index contributed by atoms with van der Waals surface area (Å²) in [4.78, 5) is 12.2. The molecule has 134 valence electrons. The number of hydrogen-bond donors (Lipinski definition) is 1. The van der Waals surface area contributed by atoms with E-state index in [1.54, 1.807) is 11.6 Å². The summed E-state index contributed by atoms with van der Waals surface area (Å²) in [5, 5.41) is 0. The smallest absolute Gasteiger partial charge is 0.253 e. The van der Waals surface area contributed by atoms with Crippen LogP contribution in [-0.4, -0.2) is 4.57 Å². The van der Waals surface area contributed by atoms with Crippen LogP contribution >= 0.6 is 0 Å². The zero-order valence-corrected chi connectivity index (χ0v) is 15.7. The summed E-state index contributed by atoms with van der Waals surface area (Å²) < 4.78 is 7.89. The van der Waals surface area contributed by atoms with Crippen molar-refractivity contribution in [3.8, 4) is 22.6 Å². The Morgan fingerprint density at radius 1 is 1.08 bits per heavy atom. The maximum absolute atomic E-state index is 12.2. The molecule has 0 atom stereocenters. The standard InChI is InChI=1S/C22H24N2O2/c1-5-16-11-17(13-24(4)22(16)25)19-12-18(23)9-10-20(19)26-21-14(2)7-6-8-15(21)3/h6-13H,5,23H2,1-4H3. The van der Waals surface area contributed by atoms with E-state index in [2.05, 4.69) is 0 Å². The molecule has 0 amide bonds. The van der Waals surface area contributed by atoms with Gasteiger partial charge in [0.1, 0.15) is 11.5 Å². The molecule has 0 saturated heterocycles. The maximum atomic E-state index is 12.2. The molecule has 2 N–H and O–H groups in total. The number of hydrogen-bond acceptors (Lipinski definition) is 3. The molecule has 0 aliphatic rings. The van der Waals surface area contributed by atoms with Gasteiger partial charge >= 0.3 is 0 Å². The number of nitrogens with two attached hydrogens (primary N) is 1. The van der Waals surface area contributed by atoms with E-state index in [0.717, 1.165) is 39.3 Å². The first-order chi connectivity index (χ1) is 12.4. The van der Waals surface area contributed by atoms with Gasteiger partial charge in [0, 0.05) is 35.6 Å². The van der Waals surface area contributed by atoms with Crippen molar-refractivity contribution in [1.82, 2.24) is 4.57 Å². The second kappa shape index (κ2) is 7.08. The van der Waals surface area contributed by atoms with Gasteiger partial charge in [0.15, 0.2) is 0 Å². The summed E-state index contributed by atoms with van der Waals surface area (Å²) in [7, 11) is 1.77. The highest BCUT2D eigenvalue weighted by Gasteiger charge is 2.13. The lowest BCUT2D eigenvalue weighted by atomic mass is 10.0. The second-order valence-corrected chi connectivity index (χ2v) is 6.60. The molecule has 0 unspecified atom stereocenters. The monoisotopic (exact) mass is 348 g/mol. The summed E-state index contributed by atoms with van der Waals surface area (Å²) >= 11 is 0. The van der Waals surface area contributed by atoms with Gasteiger partial charge in [-0.25, -0.2) is 0 Å². The molecule has 0 saturated carbocycles. The fraction of sp³-hybridized carbons (Fsp3) is 0.227. The molecule has 0 aliphatic carbocycles. The third kappa shape index (κ3) is 3.36. The minimum atomic E-state index is 0.0253. The van der Waals surface area contributed by atoms with Crippen LogP contribution in [0.3, 0.4) is 0 Å². The molecule has 0 radical (unpaired) electrons. The third-order valence-corrected chi connectivity index (χ3v) is 4.57. The Labute approximate surface area is 153 Å². The van der Waals surface area contributed by atoms with E-state index < -0.39 is 0 Å². The molecule has 1 heterocycles. The molecule has 0 spiro atoms. The molecule has 0 aliphatic heterocycles. The second-order valence-electron chi connectivity index (χ2n) is 6.60. The molecular formula is C22H24N2O2. The van der Waals surface area contributed by atoms with Crippen LogP contribution in [0.15, 0.2) is 53.5 Å². The average molecular weight is 348 g/mol. The normalized spacial score (nSPS) is 10.8. The highest BCUT2D eigenvalue weighted by Crippen LogP contribution is 2.37. The molecule has 2 aromatic carbocycles. The van der Waals surface area contributed by atoms with Crippen molar-refractivity contribution in [1.29, 1.82) is 0 Å². The van der Waals surface area contributed by atoms with E-state index in [-0.39, 0.29) is 5.56 Å². The van der Waals surface area contributed by atoms with Crippen LogP contribution in [-0.2, 0) is 13.5 Å². The highest BCUT2D eigenvalue weighted by molar-refractivity contribution is 5.74. The largest absolute Gasteiger partial charge is 0.456 e. The number of nitrogens with zero attached hydrogens (tertiary/aromatic N) is 1. The molecule has 4 nitrogen and oxygen atoms in total. The average Bonchev–Trinajstić information content (AvgIpc) is 2.61. The number of ether oxygens (including phenoxy) is 1. The fourth-order valence-corrected chi connectivity index (χ4v) is 3.11. The Morgan fingerprint density at radius 3 is 2.42 bits per heavy atom. The van der Waals surface area contributed by atoms with Gasteiger partial charge in [-0.05, 0) is 55.7 Å². The molecule has 3 aromatic rings. The minimum Gasteiger partial charge on any atom is -0.456 e. The summed E-state index contributed by atoms with van der Waals surface area (Å²) in [5.41, 5.74) is 11.4. The quantitative estimate of drug-likeness (QED) is 0.701. The van der Waals surface area contributed by atoms with Gasteiger partial charge in [-0.1, -0.05) is 25.1 Å². The van der Waals surface area contributed by atoms with Crippen molar-refractivity contribution < 1.29 is 4.74 Å². The van der Waals surface area contributed by atoms with Crippen LogP contribution in [0, 0.1) is 13.8 Å². The molecular weight excluding hydrogens is 324 g/mol. The Morgan fingerprint density at radius 2 is 1.77 bits per heavy atom. The Bertz CT molecular complexity index is 999. The van der Waals surface area contributed by atoms with Crippen molar-refractivity contribution >= 4 is 5.69 Å². The number of benzene rings is 2. The Kier molecular flexibility index (Phi) is 4.85. The lowest BCUT2D eigenvalue weighted by molar-refractivity contribution is 0.477. The van der Waals surface area contributed by atoms with Crippen molar-refractivity contribution in [3.63, 3.8) is 0 Å². The number of aromatic nitrogens is 1.